The molecule has 1 rings (SSSR count). The molecular formula is C10H15NO4S. The van der Waals surface area contributed by atoms with E-state index in [4.69, 9.17) is 4.55 Å². The van der Waals surface area contributed by atoms with Gasteiger partial charge in [-0.3, -0.25) is 9.87 Å². The van der Waals surface area contributed by atoms with Crippen LogP contribution < -0.4 is 5.32 Å². The monoisotopic (exact) mass is 245 g/mol. The van der Waals surface area contributed by atoms with Crippen LogP contribution in [0, 0.1) is 0 Å². The molecule has 2 atom stereocenters. The average molecular weight is 245 g/mol. The summed E-state index contributed by atoms with van der Waals surface area (Å²) in [5.41, 5.74) is 0.872. The molecule has 2 unspecified atom stereocenters. The second-order valence-electron chi connectivity index (χ2n) is 3.54. The lowest BCUT2D eigenvalue weighted by Crippen LogP contribution is -2.44. The summed E-state index contributed by atoms with van der Waals surface area (Å²) in [7, 11) is -4.30. The molecule has 6 heteroatoms. The molecule has 5 nitrogen and oxygen atoms in total. The van der Waals surface area contributed by atoms with Crippen molar-refractivity contribution in [2.75, 3.05) is 0 Å². The summed E-state index contributed by atoms with van der Waals surface area (Å²) >= 11 is 0. The van der Waals surface area contributed by atoms with Gasteiger partial charge in [0.15, 0.2) is 5.37 Å². The van der Waals surface area contributed by atoms with Crippen LogP contribution >= 0.6 is 0 Å². The number of rotatable bonds is 5. The Kier molecular flexibility index (Phi) is 4.43. The second-order valence-corrected chi connectivity index (χ2v) is 5.08. The summed E-state index contributed by atoms with van der Waals surface area (Å²) < 4.78 is 30.7. The summed E-state index contributed by atoms with van der Waals surface area (Å²) in [6.45, 7) is 1.56. The maximum Gasteiger partial charge on any atom is 0.283 e. The Hall–Kier alpha value is -0.950. The van der Waals surface area contributed by atoms with Crippen LogP contribution in [0.3, 0.4) is 0 Å². The minimum absolute atomic E-state index is 0.260. The van der Waals surface area contributed by atoms with Gasteiger partial charge in [0, 0.05) is 6.54 Å². The van der Waals surface area contributed by atoms with Gasteiger partial charge in [-0.05, 0) is 12.5 Å². The summed E-state index contributed by atoms with van der Waals surface area (Å²) in [5.74, 6) is 0. The van der Waals surface area contributed by atoms with Gasteiger partial charge in [0.25, 0.3) is 10.1 Å². The Labute approximate surface area is 94.9 Å². The molecule has 0 aliphatic rings. The second kappa shape index (κ2) is 5.40. The van der Waals surface area contributed by atoms with Crippen LogP contribution in [0.1, 0.15) is 12.5 Å². The lowest BCUT2D eigenvalue weighted by molar-refractivity contribution is 0.170. The lowest BCUT2D eigenvalue weighted by Gasteiger charge is -2.18. The van der Waals surface area contributed by atoms with Crippen LogP contribution in [-0.2, 0) is 16.7 Å². The van der Waals surface area contributed by atoms with E-state index >= 15 is 0 Å². The molecule has 0 bridgehead atoms. The van der Waals surface area contributed by atoms with Crippen molar-refractivity contribution in [3.8, 4) is 0 Å². The first-order chi connectivity index (χ1) is 7.41. The molecule has 3 N–H and O–H groups in total. The van der Waals surface area contributed by atoms with Crippen LogP contribution in [0.25, 0.3) is 0 Å². The zero-order chi connectivity index (χ0) is 12.2. The number of aliphatic hydroxyl groups is 1. The number of nitrogens with one attached hydrogen (secondary N) is 1. The highest BCUT2D eigenvalue weighted by molar-refractivity contribution is 7.86. The minimum Gasteiger partial charge on any atom is -0.391 e. The molecule has 90 valence electrons. The first-order valence-corrected chi connectivity index (χ1v) is 6.33. The molecule has 0 aliphatic carbocycles. The molecular weight excluding hydrogens is 230 g/mol. The van der Waals surface area contributed by atoms with Crippen LogP contribution in [0.15, 0.2) is 30.3 Å². The van der Waals surface area contributed by atoms with Crippen molar-refractivity contribution in [3.05, 3.63) is 35.9 Å². The van der Waals surface area contributed by atoms with E-state index in [1.807, 2.05) is 30.3 Å². The molecule has 1 aromatic carbocycles. The number of aliphatic hydroxyl groups excluding tert-OH is 1. The third-order valence-corrected chi connectivity index (χ3v) is 3.31. The molecule has 0 aliphatic heterocycles. The first-order valence-electron chi connectivity index (χ1n) is 4.83. The average Bonchev–Trinajstić information content (AvgIpc) is 2.17. The number of benzene rings is 1. The van der Waals surface area contributed by atoms with E-state index in [9.17, 15) is 13.5 Å². The molecule has 0 spiro atoms. The molecule has 0 saturated carbocycles. The van der Waals surface area contributed by atoms with Gasteiger partial charge in [0.2, 0.25) is 0 Å². The topological polar surface area (TPSA) is 86.6 Å². The van der Waals surface area contributed by atoms with Crippen molar-refractivity contribution in [3.63, 3.8) is 0 Å². The fourth-order valence-electron chi connectivity index (χ4n) is 1.34. The molecule has 0 fully saturated rings. The van der Waals surface area contributed by atoms with Gasteiger partial charge in [-0.25, -0.2) is 0 Å². The predicted octanol–water partition coefficient (Wildman–Crippen LogP) is 0.371. The van der Waals surface area contributed by atoms with Crippen LogP contribution in [-0.4, -0.2) is 29.6 Å². The fourth-order valence-corrected chi connectivity index (χ4v) is 2.13. The van der Waals surface area contributed by atoms with Crippen molar-refractivity contribution in [1.82, 2.24) is 5.32 Å². The molecule has 0 heterocycles. The Morgan fingerprint density at radius 3 is 2.31 bits per heavy atom. The van der Waals surface area contributed by atoms with E-state index in [0.29, 0.717) is 0 Å². The smallest absolute Gasteiger partial charge is 0.283 e. The van der Waals surface area contributed by atoms with Crippen LogP contribution in [0.2, 0.25) is 0 Å². The van der Waals surface area contributed by atoms with Crippen molar-refractivity contribution in [2.24, 2.45) is 0 Å². The standard InChI is InChI=1S/C10H15NO4S/c1-8(12)10(16(13,14)15)11-7-9-5-3-2-4-6-9/h2-6,8,10-12H,7H2,1H3,(H,13,14,15). The molecule has 0 aromatic heterocycles. The molecule has 0 saturated heterocycles. The van der Waals surface area contributed by atoms with E-state index in [-0.39, 0.29) is 6.54 Å². The maximum atomic E-state index is 10.9. The summed E-state index contributed by atoms with van der Waals surface area (Å²) in [6.07, 6.45) is -1.18. The number of hydrogen-bond acceptors (Lipinski definition) is 4. The maximum absolute atomic E-state index is 10.9. The molecule has 16 heavy (non-hydrogen) atoms. The summed E-state index contributed by atoms with van der Waals surface area (Å²) in [5, 5.41) is 10.4. The van der Waals surface area contributed by atoms with Gasteiger partial charge in [-0.15, -0.1) is 0 Å². The Morgan fingerprint density at radius 1 is 1.31 bits per heavy atom. The van der Waals surface area contributed by atoms with Gasteiger partial charge in [0.05, 0.1) is 6.10 Å². The molecule has 0 radical (unpaired) electrons. The van der Waals surface area contributed by atoms with Gasteiger partial charge in [-0.2, -0.15) is 8.42 Å². The van der Waals surface area contributed by atoms with E-state index in [0.717, 1.165) is 5.56 Å². The van der Waals surface area contributed by atoms with E-state index in [1.165, 1.54) is 6.92 Å². The Morgan fingerprint density at radius 2 is 1.88 bits per heavy atom. The third kappa shape index (κ3) is 3.90. The number of hydrogen-bond donors (Lipinski definition) is 3. The van der Waals surface area contributed by atoms with E-state index < -0.39 is 21.6 Å². The highest BCUT2D eigenvalue weighted by Gasteiger charge is 2.27. The Bertz CT molecular complexity index is 416. The van der Waals surface area contributed by atoms with Gasteiger partial charge in [0.1, 0.15) is 0 Å². The minimum atomic E-state index is -4.30. The largest absolute Gasteiger partial charge is 0.391 e. The first kappa shape index (κ1) is 13.1. The fraction of sp³-hybridized carbons (Fsp3) is 0.400. The Balaban J connectivity index is 2.65. The predicted molar refractivity (Wildman–Crippen MR) is 60.3 cm³/mol. The molecule has 0 amide bonds. The van der Waals surface area contributed by atoms with Crippen molar-refractivity contribution >= 4 is 10.1 Å². The molecule has 1 aromatic rings. The highest BCUT2D eigenvalue weighted by atomic mass is 32.2. The van der Waals surface area contributed by atoms with Gasteiger partial charge < -0.3 is 5.11 Å². The zero-order valence-corrected chi connectivity index (χ0v) is 9.68. The van der Waals surface area contributed by atoms with Crippen molar-refractivity contribution < 1.29 is 18.1 Å². The van der Waals surface area contributed by atoms with Crippen LogP contribution in [0.4, 0.5) is 0 Å². The van der Waals surface area contributed by atoms with Crippen molar-refractivity contribution in [1.29, 1.82) is 0 Å². The lowest BCUT2D eigenvalue weighted by atomic mass is 10.2. The van der Waals surface area contributed by atoms with Crippen LogP contribution in [0.5, 0.6) is 0 Å². The summed E-state index contributed by atoms with van der Waals surface area (Å²) in [4.78, 5) is 0. The highest BCUT2D eigenvalue weighted by Crippen LogP contribution is 2.04. The summed E-state index contributed by atoms with van der Waals surface area (Å²) in [6, 6.07) is 9.12. The normalized spacial score (nSPS) is 15.7. The van der Waals surface area contributed by atoms with Gasteiger partial charge in [-0.1, -0.05) is 30.3 Å². The third-order valence-electron chi connectivity index (χ3n) is 2.11. The van der Waals surface area contributed by atoms with Crippen molar-refractivity contribution in [2.45, 2.75) is 24.9 Å². The zero-order valence-electron chi connectivity index (χ0n) is 8.87. The SMILES string of the molecule is CC(O)C(NCc1ccccc1)S(=O)(=O)O. The quantitative estimate of drug-likeness (QED) is 0.652. The van der Waals surface area contributed by atoms with E-state index in [1.54, 1.807) is 0 Å². The van der Waals surface area contributed by atoms with Gasteiger partial charge >= 0.3 is 0 Å². The van der Waals surface area contributed by atoms with E-state index in [2.05, 4.69) is 5.32 Å².